The van der Waals surface area contributed by atoms with Gasteiger partial charge in [-0.1, -0.05) is 13.8 Å². The fourth-order valence-corrected chi connectivity index (χ4v) is 5.73. The number of carboxylic acids is 2. The van der Waals surface area contributed by atoms with Crippen LogP contribution in [0.1, 0.15) is 79.9 Å². The standard InChI is InChI=1S/C31H40FN3O6.C2HF3O2/c1-6-40-25-15-21-16-35(31(33)27(21)28(32)30(25)41-7-2)17-24(36)20-13-22(18(3)4)29(39-5)23(14-20)34-10-8-19(9-11-34)12-26(37)38;3-2(4,5)1(6)7/h13-15,18-19,33H,6-12,16-17H2,1-5H3,(H,37,38);(H,6,7). The van der Waals surface area contributed by atoms with Crippen LogP contribution in [0.5, 0.6) is 17.2 Å². The van der Waals surface area contributed by atoms with E-state index in [1.165, 1.54) is 0 Å². The summed E-state index contributed by atoms with van der Waals surface area (Å²) in [7, 11) is 1.62. The fourth-order valence-electron chi connectivity index (χ4n) is 5.73. The summed E-state index contributed by atoms with van der Waals surface area (Å²) in [6.07, 6.45) is -3.44. The lowest BCUT2D eigenvalue weighted by Gasteiger charge is -2.35. The van der Waals surface area contributed by atoms with E-state index in [1.54, 1.807) is 31.9 Å². The van der Waals surface area contributed by atoms with Crippen LogP contribution in [0.3, 0.4) is 0 Å². The second-order valence-corrected chi connectivity index (χ2v) is 11.6. The molecule has 0 unspecified atom stereocenters. The number of nitrogens with one attached hydrogen (secondary N) is 1. The Balaban J connectivity index is 0.000000804. The van der Waals surface area contributed by atoms with Crippen LogP contribution in [-0.4, -0.2) is 84.8 Å². The van der Waals surface area contributed by atoms with E-state index < -0.39 is 23.9 Å². The molecule has 0 amide bonds. The molecular weight excluding hydrogens is 642 g/mol. The topological polar surface area (TPSA) is 150 Å². The summed E-state index contributed by atoms with van der Waals surface area (Å²) < 4.78 is 64.2. The molecule has 11 nitrogen and oxygen atoms in total. The van der Waals surface area contributed by atoms with Crippen LogP contribution in [0.2, 0.25) is 0 Å². The van der Waals surface area contributed by atoms with Crippen LogP contribution in [0.25, 0.3) is 0 Å². The van der Waals surface area contributed by atoms with Crippen molar-refractivity contribution in [3.05, 3.63) is 46.3 Å². The van der Waals surface area contributed by atoms with Gasteiger partial charge < -0.3 is 34.2 Å². The molecule has 0 atom stereocenters. The monoisotopic (exact) mass is 683 g/mol. The third-order valence-corrected chi connectivity index (χ3v) is 8.01. The van der Waals surface area contributed by atoms with Crippen LogP contribution in [0.4, 0.5) is 23.2 Å². The number of methoxy groups -OCH3 is 1. The number of aliphatic carboxylic acids is 2. The second-order valence-electron chi connectivity index (χ2n) is 11.6. The Kier molecular flexibility index (Phi) is 12.7. The number of carboxylic acid groups (broad SMARTS) is 2. The molecule has 2 aliphatic rings. The first-order valence-corrected chi connectivity index (χ1v) is 15.5. The van der Waals surface area contributed by atoms with Gasteiger partial charge in [-0.05, 0) is 67.9 Å². The number of Topliss-reactive ketones (excluding diaryl/α,β-unsaturated/α-hetero) is 1. The van der Waals surface area contributed by atoms with Gasteiger partial charge in [0.2, 0.25) is 0 Å². The minimum absolute atomic E-state index is 0.0143. The van der Waals surface area contributed by atoms with Crippen molar-refractivity contribution < 1.29 is 56.4 Å². The van der Waals surface area contributed by atoms with E-state index in [-0.39, 0.29) is 60.9 Å². The number of alkyl halides is 3. The lowest BCUT2D eigenvalue weighted by molar-refractivity contribution is -0.192. The molecule has 2 aromatic carbocycles. The average molecular weight is 684 g/mol. The highest BCUT2D eigenvalue weighted by Crippen LogP contribution is 2.41. The number of amidine groups is 1. The smallest absolute Gasteiger partial charge is 0.490 e. The van der Waals surface area contributed by atoms with Gasteiger partial charge in [-0.3, -0.25) is 15.0 Å². The van der Waals surface area contributed by atoms with Gasteiger partial charge in [-0.15, -0.1) is 0 Å². The van der Waals surface area contributed by atoms with E-state index in [1.807, 2.05) is 26.0 Å². The van der Waals surface area contributed by atoms with E-state index in [9.17, 15) is 27.9 Å². The van der Waals surface area contributed by atoms with E-state index >= 15 is 4.39 Å². The minimum Gasteiger partial charge on any atom is -0.494 e. The van der Waals surface area contributed by atoms with Crippen LogP contribution in [0, 0.1) is 17.1 Å². The molecule has 4 rings (SSSR count). The Bertz CT molecular complexity index is 1520. The number of hydrogen-bond acceptors (Lipinski definition) is 8. The highest BCUT2D eigenvalue weighted by molar-refractivity contribution is 6.06. The molecule has 15 heteroatoms. The first-order chi connectivity index (χ1) is 22.5. The van der Waals surface area contributed by atoms with E-state index in [0.717, 1.165) is 24.1 Å². The molecule has 48 heavy (non-hydrogen) atoms. The zero-order valence-electron chi connectivity index (χ0n) is 27.5. The lowest BCUT2D eigenvalue weighted by atomic mass is 9.91. The van der Waals surface area contributed by atoms with Gasteiger partial charge in [-0.25, -0.2) is 9.18 Å². The fraction of sp³-hybridized carbons (Fsp3) is 0.515. The molecule has 2 aromatic rings. The van der Waals surface area contributed by atoms with Crippen LogP contribution < -0.4 is 19.1 Å². The number of piperidine rings is 1. The predicted octanol–water partition coefficient (Wildman–Crippen LogP) is 6.10. The number of ketones is 1. The minimum atomic E-state index is -5.08. The van der Waals surface area contributed by atoms with E-state index in [4.69, 9.17) is 29.5 Å². The Morgan fingerprint density at radius 3 is 2.12 bits per heavy atom. The zero-order chi connectivity index (χ0) is 35.9. The summed E-state index contributed by atoms with van der Waals surface area (Å²) in [6.45, 7) is 9.68. The zero-order valence-corrected chi connectivity index (χ0v) is 27.5. The normalized spacial score (nSPS) is 14.8. The molecule has 0 aromatic heterocycles. The summed E-state index contributed by atoms with van der Waals surface area (Å²) in [5.41, 5.74) is 2.91. The third kappa shape index (κ3) is 8.86. The highest BCUT2D eigenvalue weighted by Gasteiger charge is 2.38. The number of benzene rings is 2. The van der Waals surface area contributed by atoms with Crippen molar-refractivity contribution in [3.63, 3.8) is 0 Å². The van der Waals surface area contributed by atoms with Crippen molar-refractivity contribution in [1.82, 2.24) is 4.90 Å². The van der Waals surface area contributed by atoms with Crippen molar-refractivity contribution in [2.24, 2.45) is 5.92 Å². The Morgan fingerprint density at radius 1 is 1.02 bits per heavy atom. The van der Waals surface area contributed by atoms with Crippen molar-refractivity contribution >= 4 is 29.2 Å². The molecule has 0 bridgehead atoms. The quantitative estimate of drug-likeness (QED) is 0.177. The first-order valence-electron chi connectivity index (χ1n) is 15.5. The Labute approximate surface area is 275 Å². The predicted molar refractivity (Wildman–Crippen MR) is 168 cm³/mol. The summed E-state index contributed by atoms with van der Waals surface area (Å²) >= 11 is 0. The number of fused-ring (bicyclic) bond motifs is 1. The van der Waals surface area contributed by atoms with Gasteiger partial charge in [0.15, 0.2) is 23.1 Å². The molecule has 2 aliphatic heterocycles. The Hall–Kier alpha value is -4.56. The van der Waals surface area contributed by atoms with Crippen LogP contribution in [0.15, 0.2) is 18.2 Å². The third-order valence-electron chi connectivity index (χ3n) is 8.01. The molecule has 0 saturated carbocycles. The molecule has 0 spiro atoms. The SMILES string of the molecule is CCOc1cc2c(c(F)c1OCC)C(=N)N(CC(=O)c1cc(C(C)C)c(OC)c(N3CCC(CC(=O)O)CC3)c1)C2.O=C(O)C(F)(F)F. The maximum Gasteiger partial charge on any atom is 0.490 e. The van der Waals surface area contributed by atoms with Crippen molar-refractivity contribution in [1.29, 1.82) is 5.41 Å². The molecule has 1 saturated heterocycles. The molecule has 264 valence electrons. The van der Waals surface area contributed by atoms with Gasteiger partial charge in [0.25, 0.3) is 0 Å². The molecule has 3 N–H and O–H groups in total. The molecule has 2 heterocycles. The maximum absolute atomic E-state index is 15.5. The van der Waals surface area contributed by atoms with Crippen molar-refractivity contribution in [3.8, 4) is 17.2 Å². The maximum atomic E-state index is 15.5. The first kappa shape index (κ1) is 37.9. The lowest BCUT2D eigenvalue weighted by Crippen LogP contribution is -2.35. The number of rotatable bonds is 12. The van der Waals surface area contributed by atoms with Crippen LogP contribution in [-0.2, 0) is 16.1 Å². The molecule has 1 fully saturated rings. The summed E-state index contributed by atoms with van der Waals surface area (Å²) in [5.74, 6) is -3.24. The van der Waals surface area contributed by atoms with Crippen molar-refractivity contribution in [2.75, 3.05) is 44.9 Å². The largest absolute Gasteiger partial charge is 0.494 e. The van der Waals surface area contributed by atoms with E-state index in [2.05, 4.69) is 4.90 Å². The summed E-state index contributed by atoms with van der Waals surface area (Å²) in [6, 6.07) is 5.38. The van der Waals surface area contributed by atoms with Gasteiger partial charge >= 0.3 is 18.1 Å². The number of nitrogens with zero attached hydrogens (tertiary/aromatic N) is 2. The molecule has 0 radical (unpaired) electrons. The number of carbonyl (C=O) groups excluding carboxylic acids is 1. The number of anilines is 1. The molecule has 0 aliphatic carbocycles. The highest BCUT2D eigenvalue weighted by atomic mass is 19.4. The number of ether oxygens (including phenoxy) is 3. The summed E-state index contributed by atoms with van der Waals surface area (Å²) in [4.78, 5) is 37.5. The van der Waals surface area contributed by atoms with Crippen molar-refractivity contribution in [2.45, 2.75) is 65.6 Å². The average Bonchev–Trinajstić information content (AvgIpc) is 3.32. The van der Waals surface area contributed by atoms with Gasteiger partial charge in [0.1, 0.15) is 11.6 Å². The number of carbonyl (C=O) groups is 3. The Morgan fingerprint density at radius 2 is 1.62 bits per heavy atom. The number of halogens is 4. The summed E-state index contributed by atoms with van der Waals surface area (Å²) in [5, 5.41) is 25.0. The van der Waals surface area contributed by atoms with Gasteiger partial charge in [0, 0.05) is 31.6 Å². The molecular formula is C33H41F4N3O8. The number of hydrogen-bond donors (Lipinski definition) is 3. The van der Waals surface area contributed by atoms with Crippen LogP contribution >= 0.6 is 0 Å². The van der Waals surface area contributed by atoms with Gasteiger partial charge in [0.05, 0.1) is 38.1 Å². The second kappa shape index (κ2) is 16.0. The van der Waals surface area contributed by atoms with Gasteiger partial charge in [-0.2, -0.15) is 13.2 Å². The van der Waals surface area contributed by atoms with E-state index in [0.29, 0.717) is 42.3 Å².